The molecule has 20 heavy (non-hydrogen) atoms. The van der Waals surface area contributed by atoms with Crippen LogP contribution in [0.4, 0.5) is 10.1 Å². The maximum atomic E-state index is 13.3. The summed E-state index contributed by atoms with van der Waals surface area (Å²) < 4.78 is 45.8. The Labute approximate surface area is 128 Å². The maximum absolute atomic E-state index is 13.3. The molecule has 4 nitrogen and oxygen atoms in total. The number of hydrogen-bond donors (Lipinski definition) is 1. The SMILES string of the molecule is COc1cc(NS(=O)(=O)c2cc(Br)sc2C)ccc1F. The first-order valence-electron chi connectivity index (χ1n) is 5.46. The van der Waals surface area contributed by atoms with Gasteiger partial charge in [-0.3, -0.25) is 4.72 Å². The van der Waals surface area contributed by atoms with Gasteiger partial charge in [0, 0.05) is 10.9 Å². The first-order valence-corrected chi connectivity index (χ1v) is 8.55. The van der Waals surface area contributed by atoms with Crippen LogP contribution in [0.15, 0.2) is 32.9 Å². The summed E-state index contributed by atoms with van der Waals surface area (Å²) in [5.74, 6) is -0.571. The van der Waals surface area contributed by atoms with Crippen LogP contribution in [0.2, 0.25) is 0 Å². The van der Waals surface area contributed by atoms with Crippen LogP contribution >= 0.6 is 27.3 Å². The molecule has 2 rings (SSSR count). The Morgan fingerprint density at radius 3 is 2.60 bits per heavy atom. The molecule has 0 aliphatic carbocycles. The summed E-state index contributed by atoms with van der Waals surface area (Å²) in [4.78, 5) is 0.858. The van der Waals surface area contributed by atoms with Gasteiger partial charge in [-0.25, -0.2) is 12.8 Å². The van der Waals surface area contributed by atoms with E-state index in [1.165, 1.54) is 36.6 Å². The fourth-order valence-electron chi connectivity index (χ4n) is 1.63. The third-order valence-corrected chi connectivity index (χ3v) is 5.73. The Balaban J connectivity index is 2.36. The van der Waals surface area contributed by atoms with Crippen molar-refractivity contribution in [2.75, 3.05) is 11.8 Å². The van der Waals surface area contributed by atoms with E-state index in [0.717, 1.165) is 9.85 Å². The number of anilines is 1. The molecule has 0 bridgehead atoms. The van der Waals surface area contributed by atoms with Gasteiger partial charge in [-0.2, -0.15) is 0 Å². The summed E-state index contributed by atoms with van der Waals surface area (Å²) >= 11 is 4.58. The zero-order chi connectivity index (χ0) is 14.9. The van der Waals surface area contributed by atoms with Gasteiger partial charge in [0.05, 0.1) is 16.6 Å². The van der Waals surface area contributed by atoms with Gasteiger partial charge < -0.3 is 4.74 Å². The number of aryl methyl sites for hydroxylation is 1. The normalized spacial score (nSPS) is 11.4. The van der Waals surface area contributed by atoms with Crippen LogP contribution in [-0.2, 0) is 10.0 Å². The van der Waals surface area contributed by atoms with E-state index in [2.05, 4.69) is 20.7 Å². The largest absolute Gasteiger partial charge is 0.494 e. The lowest BCUT2D eigenvalue weighted by Gasteiger charge is -2.09. The quantitative estimate of drug-likeness (QED) is 0.879. The molecule has 0 fully saturated rings. The Morgan fingerprint density at radius 1 is 1.35 bits per heavy atom. The number of methoxy groups -OCH3 is 1. The van der Waals surface area contributed by atoms with Crippen molar-refractivity contribution in [2.24, 2.45) is 0 Å². The van der Waals surface area contributed by atoms with Crippen molar-refractivity contribution < 1.29 is 17.5 Å². The zero-order valence-electron chi connectivity index (χ0n) is 10.6. The number of sulfonamides is 1. The molecule has 0 unspecified atom stereocenters. The monoisotopic (exact) mass is 379 g/mol. The second-order valence-corrected chi connectivity index (χ2v) is 8.21. The van der Waals surface area contributed by atoms with Crippen LogP contribution in [0.25, 0.3) is 0 Å². The fraction of sp³-hybridized carbons (Fsp3) is 0.167. The molecule has 8 heteroatoms. The van der Waals surface area contributed by atoms with E-state index in [4.69, 9.17) is 4.74 Å². The molecule has 0 saturated carbocycles. The first-order chi connectivity index (χ1) is 9.33. The Morgan fingerprint density at radius 2 is 2.05 bits per heavy atom. The van der Waals surface area contributed by atoms with E-state index in [9.17, 15) is 12.8 Å². The number of thiophene rings is 1. The first kappa shape index (κ1) is 15.3. The van der Waals surface area contributed by atoms with Crippen LogP contribution < -0.4 is 9.46 Å². The van der Waals surface area contributed by atoms with Crippen molar-refractivity contribution in [2.45, 2.75) is 11.8 Å². The highest BCUT2D eigenvalue weighted by Gasteiger charge is 2.20. The summed E-state index contributed by atoms with van der Waals surface area (Å²) in [7, 11) is -2.39. The van der Waals surface area contributed by atoms with Crippen molar-refractivity contribution >= 4 is 43.0 Å². The van der Waals surface area contributed by atoms with Crippen LogP contribution in [0.3, 0.4) is 0 Å². The molecule has 0 radical (unpaired) electrons. The van der Waals surface area contributed by atoms with Gasteiger partial charge in [-0.15, -0.1) is 11.3 Å². The predicted molar refractivity (Wildman–Crippen MR) is 80.5 cm³/mol. The molecule has 0 aliphatic heterocycles. The fourth-order valence-corrected chi connectivity index (χ4v) is 5.10. The van der Waals surface area contributed by atoms with Crippen molar-refractivity contribution in [3.8, 4) is 5.75 Å². The maximum Gasteiger partial charge on any atom is 0.263 e. The van der Waals surface area contributed by atoms with Crippen LogP contribution in [-0.4, -0.2) is 15.5 Å². The molecule has 0 amide bonds. The van der Waals surface area contributed by atoms with E-state index in [0.29, 0.717) is 4.88 Å². The average molecular weight is 380 g/mol. The Kier molecular flexibility index (Phi) is 4.36. The highest BCUT2D eigenvalue weighted by molar-refractivity contribution is 9.11. The number of benzene rings is 1. The van der Waals surface area contributed by atoms with Gasteiger partial charge in [0.25, 0.3) is 10.0 Å². The molecular weight excluding hydrogens is 369 g/mol. The van der Waals surface area contributed by atoms with Gasteiger partial charge >= 0.3 is 0 Å². The van der Waals surface area contributed by atoms with E-state index < -0.39 is 15.8 Å². The van der Waals surface area contributed by atoms with Gasteiger partial charge in [0.15, 0.2) is 11.6 Å². The van der Waals surface area contributed by atoms with Crippen molar-refractivity contribution in [3.63, 3.8) is 0 Å². The molecule has 0 aliphatic rings. The molecule has 0 saturated heterocycles. The summed E-state index contributed by atoms with van der Waals surface area (Å²) in [6, 6.07) is 5.31. The van der Waals surface area contributed by atoms with Crippen LogP contribution in [0.1, 0.15) is 4.88 Å². The smallest absolute Gasteiger partial charge is 0.263 e. The lowest BCUT2D eigenvalue weighted by atomic mass is 10.3. The topological polar surface area (TPSA) is 55.4 Å². The van der Waals surface area contributed by atoms with Gasteiger partial charge in [-0.05, 0) is 41.1 Å². The Bertz CT molecular complexity index is 743. The number of halogens is 2. The van der Waals surface area contributed by atoms with Gasteiger partial charge in [0.2, 0.25) is 0 Å². The van der Waals surface area contributed by atoms with Crippen molar-refractivity contribution in [1.29, 1.82) is 0 Å². The predicted octanol–water partition coefficient (Wildman–Crippen LogP) is 3.77. The lowest BCUT2D eigenvalue weighted by molar-refractivity contribution is 0.387. The number of hydrogen-bond acceptors (Lipinski definition) is 4. The summed E-state index contributed by atoms with van der Waals surface area (Å²) in [6.45, 7) is 1.72. The third-order valence-electron chi connectivity index (χ3n) is 2.54. The molecule has 1 aromatic heterocycles. The molecule has 2 aromatic rings. The van der Waals surface area contributed by atoms with Gasteiger partial charge in [-0.1, -0.05) is 0 Å². The lowest BCUT2D eigenvalue weighted by Crippen LogP contribution is -2.13. The minimum atomic E-state index is -3.71. The summed E-state index contributed by atoms with van der Waals surface area (Å²) in [5.41, 5.74) is 0.241. The highest BCUT2D eigenvalue weighted by Crippen LogP contribution is 2.31. The molecule has 0 atom stereocenters. The second kappa shape index (κ2) is 5.71. The molecule has 1 heterocycles. The van der Waals surface area contributed by atoms with E-state index in [1.54, 1.807) is 6.92 Å². The minimum absolute atomic E-state index is 0.0200. The molecular formula is C12H11BrFNO3S2. The number of ether oxygens (including phenoxy) is 1. The number of nitrogens with one attached hydrogen (secondary N) is 1. The average Bonchev–Trinajstić information content (AvgIpc) is 2.71. The zero-order valence-corrected chi connectivity index (χ0v) is 13.8. The Hall–Kier alpha value is -1.12. The van der Waals surface area contributed by atoms with Gasteiger partial charge in [0.1, 0.15) is 4.90 Å². The standard InChI is InChI=1S/C12H11BrFNO3S2/c1-7-11(6-12(13)19-7)20(16,17)15-8-3-4-9(14)10(5-8)18-2/h3-6,15H,1-2H3. The second-order valence-electron chi connectivity index (χ2n) is 3.93. The third kappa shape index (κ3) is 3.13. The highest BCUT2D eigenvalue weighted by atomic mass is 79.9. The van der Waals surface area contributed by atoms with E-state index >= 15 is 0 Å². The van der Waals surface area contributed by atoms with E-state index in [1.807, 2.05) is 0 Å². The summed E-state index contributed by atoms with van der Waals surface area (Å²) in [6.07, 6.45) is 0. The van der Waals surface area contributed by atoms with Crippen LogP contribution in [0, 0.1) is 12.7 Å². The van der Waals surface area contributed by atoms with Crippen LogP contribution in [0.5, 0.6) is 5.75 Å². The summed E-state index contributed by atoms with van der Waals surface area (Å²) in [5, 5.41) is 0. The van der Waals surface area contributed by atoms with Crippen molar-refractivity contribution in [3.05, 3.63) is 38.7 Å². The minimum Gasteiger partial charge on any atom is -0.494 e. The van der Waals surface area contributed by atoms with Crippen molar-refractivity contribution in [1.82, 2.24) is 0 Å². The molecule has 1 N–H and O–H groups in total. The van der Waals surface area contributed by atoms with E-state index in [-0.39, 0.29) is 16.3 Å². The molecule has 0 spiro atoms. The molecule has 108 valence electrons. The molecule has 1 aromatic carbocycles. The number of rotatable bonds is 4.